The largest absolute Gasteiger partial charge is 0.362 e. The van der Waals surface area contributed by atoms with E-state index in [0.29, 0.717) is 28.6 Å². The molecule has 0 aliphatic carbocycles. The van der Waals surface area contributed by atoms with Crippen molar-refractivity contribution in [2.24, 2.45) is 4.99 Å². The highest BCUT2D eigenvalue weighted by Gasteiger charge is 2.35. The second kappa shape index (κ2) is 11.3. The zero-order chi connectivity index (χ0) is 29.4. The summed E-state index contributed by atoms with van der Waals surface area (Å²) in [4.78, 5) is 26.4. The molecule has 6 rings (SSSR count). The maximum absolute atomic E-state index is 15.7. The number of amides is 1. The zero-order valence-corrected chi connectivity index (χ0v) is 25.3. The van der Waals surface area contributed by atoms with Crippen molar-refractivity contribution in [2.75, 3.05) is 18.0 Å². The van der Waals surface area contributed by atoms with Crippen LogP contribution in [0.5, 0.6) is 0 Å². The number of hydrogen-bond donors (Lipinski definition) is 1. The van der Waals surface area contributed by atoms with E-state index in [0.717, 1.165) is 51.9 Å². The zero-order valence-electron chi connectivity index (χ0n) is 24.4. The minimum absolute atomic E-state index is 0.160. The Morgan fingerprint density at radius 3 is 2.60 bits per heavy atom. The molecule has 7 heteroatoms. The Labute approximate surface area is 250 Å². The lowest BCUT2D eigenvalue weighted by Crippen LogP contribution is -2.45. The molecule has 1 saturated heterocycles. The van der Waals surface area contributed by atoms with Gasteiger partial charge in [-0.15, -0.1) is 0 Å². The van der Waals surface area contributed by atoms with Crippen LogP contribution in [0.2, 0.25) is 0 Å². The summed E-state index contributed by atoms with van der Waals surface area (Å²) in [5, 5.41) is 1.75. The van der Waals surface area contributed by atoms with Gasteiger partial charge in [0.1, 0.15) is 5.82 Å². The smallest absolute Gasteiger partial charge is 0.266 e. The monoisotopic (exact) mass is 578 g/mol. The fourth-order valence-corrected chi connectivity index (χ4v) is 6.99. The molecule has 2 aliphatic rings. The second-order valence-electron chi connectivity index (χ2n) is 11.4. The number of anilines is 1. The molecule has 1 fully saturated rings. The van der Waals surface area contributed by atoms with Crippen molar-refractivity contribution < 1.29 is 9.18 Å². The molecular weight excluding hydrogens is 543 g/mol. The molecule has 0 unspecified atom stereocenters. The van der Waals surface area contributed by atoms with Gasteiger partial charge in [-0.05, 0) is 92.9 Å². The Balaban J connectivity index is 1.35. The standard InChI is InChI=1S/C35H35FN4OS/c1-5-16-40-31-20-29(36)25(18-28(31)23(2)21-35(40,3)4)19-32-33(41)39(34(42-32)38-26-11-7-6-8-12-26)17-15-24-22-37-30-14-10-9-13-27(24)30/h6-14,18-22,37H,5,15-17H2,1-4H3/b32-19+,38-34?. The molecule has 4 aromatic rings. The molecule has 0 bridgehead atoms. The highest BCUT2D eigenvalue weighted by molar-refractivity contribution is 8.18. The number of halogens is 1. The van der Waals surface area contributed by atoms with Crippen LogP contribution in [0.1, 0.15) is 50.8 Å². The van der Waals surface area contributed by atoms with Crippen molar-refractivity contribution >= 4 is 56.8 Å². The Morgan fingerprint density at radius 2 is 1.81 bits per heavy atom. The summed E-state index contributed by atoms with van der Waals surface area (Å²) in [5.41, 5.74) is 6.20. The molecular formula is C35H35FN4OS. The van der Waals surface area contributed by atoms with Crippen LogP contribution in [0.15, 0.2) is 88.9 Å². The number of aliphatic imine (C=N–C) groups is 1. The summed E-state index contributed by atoms with van der Waals surface area (Å²) in [6, 6.07) is 21.3. The van der Waals surface area contributed by atoms with E-state index in [1.165, 1.54) is 11.8 Å². The first-order valence-electron chi connectivity index (χ1n) is 14.5. The summed E-state index contributed by atoms with van der Waals surface area (Å²) < 4.78 is 15.7. The molecule has 2 aliphatic heterocycles. The summed E-state index contributed by atoms with van der Waals surface area (Å²) in [5.74, 6) is -0.493. The van der Waals surface area contributed by atoms with Crippen molar-refractivity contribution in [3.63, 3.8) is 0 Å². The van der Waals surface area contributed by atoms with Gasteiger partial charge in [-0.1, -0.05) is 49.4 Å². The number of benzene rings is 3. The molecule has 0 radical (unpaired) electrons. The Kier molecular flexibility index (Phi) is 7.54. The van der Waals surface area contributed by atoms with Crippen molar-refractivity contribution in [2.45, 2.75) is 46.1 Å². The quantitative estimate of drug-likeness (QED) is 0.224. The van der Waals surface area contributed by atoms with E-state index in [4.69, 9.17) is 4.99 Å². The number of nitrogens with one attached hydrogen (secondary N) is 1. The molecule has 1 amide bonds. The van der Waals surface area contributed by atoms with Gasteiger partial charge in [-0.3, -0.25) is 9.69 Å². The molecule has 42 heavy (non-hydrogen) atoms. The van der Waals surface area contributed by atoms with Crippen LogP contribution in [-0.2, 0) is 11.2 Å². The molecule has 214 valence electrons. The SMILES string of the molecule is CCCN1c2cc(F)c(/C=C3/SC(=Nc4ccccc4)N(CCc4c[nH]c5ccccc45)C3=O)cc2C(C)=CC1(C)C. The van der Waals surface area contributed by atoms with Gasteiger partial charge in [0.15, 0.2) is 5.17 Å². The van der Waals surface area contributed by atoms with E-state index in [1.54, 1.807) is 17.0 Å². The van der Waals surface area contributed by atoms with Crippen LogP contribution >= 0.6 is 11.8 Å². The third-order valence-corrected chi connectivity index (χ3v) is 8.99. The molecule has 0 spiro atoms. The minimum Gasteiger partial charge on any atom is -0.362 e. The van der Waals surface area contributed by atoms with Gasteiger partial charge in [0, 0.05) is 47.0 Å². The number of fused-ring (bicyclic) bond motifs is 2. The van der Waals surface area contributed by atoms with E-state index in [1.807, 2.05) is 60.8 Å². The number of rotatable bonds is 7. The minimum atomic E-state index is -0.333. The number of para-hydroxylation sites is 2. The first-order valence-corrected chi connectivity index (χ1v) is 15.3. The van der Waals surface area contributed by atoms with Crippen LogP contribution in [0.3, 0.4) is 0 Å². The van der Waals surface area contributed by atoms with Crippen LogP contribution in [0.4, 0.5) is 15.8 Å². The molecule has 3 aromatic carbocycles. The molecule has 0 saturated carbocycles. The predicted molar refractivity (Wildman–Crippen MR) is 175 cm³/mol. The third-order valence-electron chi connectivity index (χ3n) is 7.98. The van der Waals surface area contributed by atoms with Crippen LogP contribution in [0, 0.1) is 5.82 Å². The number of aromatic amines is 1. The number of allylic oxidation sites excluding steroid dienone is 1. The second-order valence-corrected chi connectivity index (χ2v) is 12.4. The summed E-state index contributed by atoms with van der Waals surface area (Å²) in [7, 11) is 0. The van der Waals surface area contributed by atoms with Gasteiger partial charge in [-0.2, -0.15) is 0 Å². The van der Waals surface area contributed by atoms with E-state index >= 15 is 4.39 Å². The van der Waals surface area contributed by atoms with Gasteiger partial charge < -0.3 is 9.88 Å². The van der Waals surface area contributed by atoms with E-state index in [-0.39, 0.29) is 17.3 Å². The lowest BCUT2D eigenvalue weighted by Gasteiger charge is -2.43. The van der Waals surface area contributed by atoms with Crippen molar-refractivity contribution in [3.05, 3.63) is 106 Å². The predicted octanol–water partition coefficient (Wildman–Crippen LogP) is 8.57. The van der Waals surface area contributed by atoms with Crippen molar-refractivity contribution in [1.29, 1.82) is 0 Å². The highest BCUT2D eigenvalue weighted by Crippen LogP contribution is 2.42. The normalized spacial score (nSPS) is 18.3. The third kappa shape index (κ3) is 5.29. The number of amidine groups is 1. The summed E-state index contributed by atoms with van der Waals surface area (Å²) in [6.07, 6.45) is 7.56. The van der Waals surface area contributed by atoms with E-state index in [2.05, 4.69) is 49.7 Å². The lowest BCUT2D eigenvalue weighted by molar-refractivity contribution is -0.122. The maximum Gasteiger partial charge on any atom is 0.266 e. The van der Waals surface area contributed by atoms with Gasteiger partial charge in [0.05, 0.1) is 16.1 Å². The molecule has 3 heterocycles. The number of hydrogen-bond acceptors (Lipinski definition) is 4. The van der Waals surface area contributed by atoms with Crippen LogP contribution < -0.4 is 4.90 Å². The lowest BCUT2D eigenvalue weighted by atomic mass is 9.87. The fourth-order valence-electron chi connectivity index (χ4n) is 5.97. The van der Waals surface area contributed by atoms with Crippen LogP contribution in [-0.4, -0.2) is 39.6 Å². The molecule has 5 nitrogen and oxygen atoms in total. The van der Waals surface area contributed by atoms with Crippen LogP contribution in [0.25, 0.3) is 22.6 Å². The summed E-state index contributed by atoms with van der Waals surface area (Å²) in [6.45, 7) is 9.84. The van der Waals surface area contributed by atoms with Gasteiger partial charge >= 0.3 is 0 Å². The van der Waals surface area contributed by atoms with E-state index < -0.39 is 0 Å². The topological polar surface area (TPSA) is 51.7 Å². The average molecular weight is 579 g/mol. The average Bonchev–Trinajstić information content (AvgIpc) is 3.51. The first-order chi connectivity index (χ1) is 20.2. The number of carbonyl (C=O) groups is 1. The fraction of sp³-hybridized carbons (Fsp3) is 0.257. The number of thioether (sulfide) groups is 1. The van der Waals surface area contributed by atoms with E-state index in [9.17, 15) is 4.79 Å². The Morgan fingerprint density at radius 1 is 1.05 bits per heavy atom. The Bertz CT molecular complexity index is 1750. The molecule has 0 atom stereocenters. The number of nitrogens with zero attached hydrogens (tertiary/aromatic N) is 3. The van der Waals surface area contributed by atoms with Crippen molar-refractivity contribution in [3.8, 4) is 0 Å². The maximum atomic E-state index is 15.7. The number of aromatic nitrogens is 1. The van der Waals surface area contributed by atoms with Crippen molar-refractivity contribution in [1.82, 2.24) is 9.88 Å². The summed E-state index contributed by atoms with van der Waals surface area (Å²) >= 11 is 1.30. The van der Waals surface area contributed by atoms with Gasteiger partial charge in [0.25, 0.3) is 5.91 Å². The molecule has 1 N–H and O–H groups in total. The van der Waals surface area contributed by atoms with Gasteiger partial charge in [-0.25, -0.2) is 9.38 Å². The highest BCUT2D eigenvalue weighted by atomic mass is 32.2. The first kappa shape index (κ1) is 28.0. The number of carbonyl (C=O) groups excluding carboxylic acids is 1. The Hall–Kier alpha value is -4.10. The molecule has 1 aromatic heterocycles. The number of H-pyrrole nitrogens is 1. The van der Waals surface area contributed by atoms with Gasteiger partial charge in [0.2, 0.25) is 0 Å².